The molecule has 0 spiro atoms. The van der Waals surface area contributed by atoms with E-state index >= 15 is 0 Å². The maximum atomic E-state index is 13.1. The number of nitrogens with one attached hydrogen (secondary N) is 1. The summed E-state index contributed by atoms with van der Waals surface area (Å²) >= 11 is 0. The third-order valence-corrected chi connectivity index (χ3v) is 6.40. The first kappa shape index (κ1) is 20.8. The maximum Gasteiger partial charge on any atom is 0.257 e. The lowest BCUT2D eigenvalue weighted by Crippen LogP contribution is -2.37. The normalized spacial score (nSPS) is 14.5. The van der Waals surface area contributed by atoms with E-state index in [2.05, 4.69) is 5.32 Å². The van der Waals surface area contributed by atoms with Crippen molar-refractivity contribution in [3.05, 3.63) is 53.6 Å². The van der Waals surface area contributed by atoms with E-state index in [0.717, 1.165) is 4.31 Å². The van der Waals surface area contributed by atoms with Crippen LogP contribution in [0.15, 0.2) is 47.4 Å². The Balaban J connectivity index is 2.02. The minimum Gasteiger partial charge on any atom is -0.378 e. The molecule has 0 unspecified atom stereocenters. The van der Waals surface area contributed by atoms with Gasteiger partial charge in [-0.25, -0.2) is 12.7 Å². The van der Waals surface area contributed by atoms with Crippen molar-refractivity contribution in [2.45, 2.75) is 4.90 Å². The number of anilines is 2. The number of ether oxygens (including phenoxy) is 1. The Morgan fingerprint density at radius 2 is 1.90 bits per heavy atom. The van der Waals surface area contributed by atoms with Gasteiger partial charge in [-0.05, 0) is 36.4 Å². The van der Waals surface area contributed by atoms with Crippen molar-refractivity contribution in [1.29, 1.82) is 5.26 Å². The van der Waals surface area contributed by atoms with Gasteiger partial charge in [-0.15, -0.1) is 0 Å². The van der Waals surface area contributed by atoms with Crippen LogP contribution in [0.4, 0.5) is 11.4 Å². The third kappa shape index (κ3) is 4.56. The average Bonchev–Trinajstić information content (AvgIpc) is 2.74. The largest absolute Gasteiger partial charge is 0.378 e. The van der Waals surface area contributed by atoms with Gasteiger partial charge in [0.25, 0.3) is 5.91 Å². The Morgan fingerprint density at radius 1 is 1.17 bits per heavy atom. The van der Waals surface area contributed by atoms with Crippen LogP contribution in [0.3, 0.4) is 0 Å². The number of rotatable bonds is 5. The fourth-order valence-corrected chi connectivity index (χ4v) is 3.94. The van der Waals surface area contributed by atoms with E-state index in [9.17, 15) is 13.2 Å². The van der Waals surface area contributed by atoms with Gasteiger partial charge < -0.3 is 15.0 Å². The molecule has 0 saturated carbocycles. The summed E-state index contributed by atoms with van der Waals surface area (Å²) in [5.41, 5.74) is 1.76. The average molecular weight is 414 g/mol. The topological polar surface area (TPSA) is 103 Å². The Bertz CT molecular complexity index is 1050. The van der Waals surface area contributed by atoms with Gasteiger partial charge >= 0.3 is 0 Å². The van der Waals surface area contributed by atoms with Crippen molar-refractivity contribution in [3.8, 4) is 6.07 Å². The first-order valence-electron chi connectivity index (χ1n) is 9.04. The van der Waals surface area contributed by atoms with Gasteiger partial charge in [-0.3, -0.25) is 4.79 Å². The minimum atomic E-state index is -3.70. The zero-order chi connectivity index (χ0) is 21.0. The van der Waals surface area contributed by atoms with Crippen LogP contribution in [-0.4, -0.2) is 59.0 Å². The van der Waals surface area contributed by atoms with E-state index in [1.165, 1.54) is 26.2 Å². The highest BCUT2D eigenvalue weighted by molar-refractivity contribution is 7.89. The molecule has 1 saturated heterocycles. The van der Waals surface area contributed by atoms with Crippen LogP contribution in [0, 0.1) is 11.3 Å². The summed E-state index contributed by atoms with van der Waals surface area (Å²) in [5, 5.41) is 11.8. The molecule has 9 heteroatoms. The number of nitriles is 1. The molecule has 1 amide bonds. The summed E-state index contributed by atoms with van der Waals surface area (Å²) < 4.78 is 31.6. The highest BCUT2D eigenvalue weighted by Crippen LogP contribution is 2.27. The second-order valence-electron chi connectivity index (χ2n) is 6.71. The van der Waals surface area contributed by atoms with Crippen LogP contribution in [0.5, 0.6) is 0 Å². The molecule has 1 aliphatic heterocycles. The van der Waals surface area contributed by atoms with Crippen LogP contribution in [0.1, 0.15) is 15.9 Å². The van der Waals surface area contributed by atoms with Crippen LogP contribution in [-0.2, 0) is 14.8 Å². The van der Waals surface area contributed by atoms with Crippen molar-refractivity contribution in [2.75, 3.05) is 50.6 Å². The Labute approximate surface area is 170 Å². The molecule has 1 N–H and O–H groups in total. The van der Waals surface area contributed by atoms with Gasteiger partial charge in [0.15, 0.2) is 0 Å². The second-order valence-corrected chi connectivity index (χ2v) is 8.86. The molecule has 29 heavy (non-hydrogen) atoms. The monoisotopic (exact) mass is 414 g/mol. The number of nitrogens with zero attached hydrogens (tertiary/aromatic N) is 3. The van der Waals surface area contributed by atoms with Gasteiger partial charge in [0.1, 0.15) is 0 Å². The van der Waals surface area contributed by atoms with Crippen LogP contribution >= 0.6 is 0 Å². The molecule has 1 heterocycles. The molecule has 0 atom stereocenters. The van der Waals surface area contributed by atoms with Gasteiger partial charge in [-0.1, -0.05) is 6.07 Å². The van der Waals surface area contributed by atoms with E-state index in [4.69, 9.17) is 10.00 Å². The van der Waals surface area contributed by atoms with Crippen molar-refractivity contribution >= 4 is 27.3 Å². The number of sulfonamides is 1. The van der Waals surface area contributed by atoms with Crippen molar-refractivity contribution in [3.63, 3.8) is 0 Å². The van der Waals surface area contributed by atoms with E-state index in [1.807, 2.05) is 11.0 Å². The third-order valence-electron chi connectivity index (χ3n) is 4.59. The molecule has 2 aromatic carbocycles. The zero-order valence-corrected chi connectivity index (χ0v) is 17.1. The highest BCUT2D eigenvalue weighted by Gasteiger charge is 2.24. The quantitative estimate of drug-likeness (QED) is 0.802. The molecule has 152 valence electrons. The first-order chi connectivity index (χ1) is 13.8. The standard InChI is InChI=1S/C20H22N4O4S/c1-23(2)29(26,27)17-6-7-19(24-8-10-28-11-9-24)18(13-17)20(25)22-16-5-3-4-15(12-16)14-21/h3-7,12-13H,8-11H2,1-2H3,(H,22,25). The van der Waals surface area contributed by atoms with Gasteiger partial charge in [0.2, 0.25) is 10.0 Å². The summed E-state index contributed by atoms with van der Waals surface area (Å²) in [5.74, 6) is -0.447. The number of hydrogen-bond acceptors (Lipinski definition) is 6. The van der Waals surface area contributed by atoms with Crippen LogP contribution in [0.25, 0.3) is 0 Å². The highest BCUT2D eigenvalue weighted by atomic mass is 32.2. The number of carbonyl (C=O) groups is 1. The molecular weight excluding hydrogens is 392 g/mol. The summed E-state index contributed by atoms with van der Waals surface area (Å²) in [7, 11) is -0.811. The number of benzene rings is 2. The van der Waals surface area contributed by atoms with Gasteiger partial charge in [0, 0.05) is 38.6 Å². The van der Waals surface area contributed by atoms with E-state index in [1.54, 1.807) is 30.3 Å². The fraction of sp³-hybridized carbons (Fsp3) is 0.300. The summed E-state index contributed by atoms with van der Waals surface area (Å²) in [4.78, 5) is 15.1. The van der Waals surface area contributed by atoms with Crippen molar-refractivity contribution in [1.82, 2.24) is 4.31 Å². The zero-order valence-electron chi connectivity index (χ0n) is 16.3. The molecule has 1 fully saturated rings. The lowest BCUT2D eigenvalue weighted by molar-refractivity contribution is 0.102. The van der Waals surface area contributed by atoms with Gasteiger partial charge in [0.05, 0.1) is 35.3 Å². The number of carbonyl (C=O) groups excluding carboxylic acids is 1. The SMILES string of the molecule is CN(C)S(=O)(=O)c1ccc(N2CCOCC2)c(C(=O)Nc2cccc(C#N)c2)c1. The van der Waals surface area contributed by atoms with E-state index < -0.39 is 15.9 Å². The number of hydrogen-bond donors (Lipinski definition) is 1. The summed E-state index contributed by atoms with van der Waals surface area (Å²) in [6, 6.07) is 13.1. The lowest BCUT2D eigenvalue weighted by Gasteiger charge is -2.30. The summed E-state index contributed by atoms with van der Waals surface area (Å²) in [6.07, 6.45) is 0. The van der Waals surface area contributed by atoms with E-state index in [0.29, 0.717) is 43.2 Å². The predicted molar refractivity (Wildman–Crippen MR) is 109 cm³/mol. The molecule has 3 rings (SSSR count). The van der Waals surface area contributed by atoms with Crippen molar-refractivity contribution in [2.24, 2.45) is 0 Å². The molecule has 8 nitrogen and oxygen atoms in total. The van der Waals surface area contributed by atoms with Crippen LogP contribution in [0.2, 0.25) is 0 Å². The molecule has 0 bridgehead atoms. The van der Waals surface area contributed by atoms with E-state index in [-0.39, 0.29) is 10.5 Å². The molecule has 0 radical (unpaired) electrons. The van der Waals surface area contributed by atoms with Crippen LogP contribution < -0.4 is 10.2 Å². The Hall–Kier alpha value is -2.93. The molecule has 0 aromatic heterocycles. The first-order valence-corrected chi connectivity index (χ1v) is 10.5. The minimum absolute atomic E-state index is 0.0374. The molecular formula is C20H22N4O4S. The number of amides is 1. The van der Waals surface area contributed by atoms with Gasteiger partial charge in [-0.2, -0.15) is 5.26 Å². The number of morpholine rings is 1. The molecule has 1 aliphatic rings. The summed E-state index contributed by atoms with van der Waals surface area (Å²) in [6.45, 7) is 2.26. The maximum absolute atomic E-state index is 13.1. The smallest absolute Gasteiger partial charge is 0.257 e. The molecule has 0 aliphatic carbocycles. The second kappa shape index (κ2) is 8.61. The predicted octanol–water partition coefficient (Wildman–Crippen LogP) is 1.90. The Morgan fingerprint density at radius 3 is 2.55 bits per heavy atom. The molecule has 2 aromatic rings. The fourth-order valence-electron chi connectivity index (χ4n) is 3.01. The van der Waals surface area contributed by atoms with Crippen molar-refractivity contribution < 1.29 is 17.9 Å². The Kier molecular flexibility index (Phi) is 6.17. The lowest BCUT2D eigenvalue weighted by atomic mass is 10.1.